The number of carboxylic acids is 1. The molecule has 0 spiro atoms. The number of benzene rings is 1. The van der Waals surface area contributed by atoms with E-state index in [-0.39, 0.29) is 23.7 Å². The Morgan fingerprint density at radius 3 is 2.89 bits per heavy atom. The van der Waals surface area contributed by atoms with Crippen molar-refractivity contribution < 1.29 is 23.5 Å². The standard InChI is InChI=1S/C12H9FN2O4/c13-8-3-1-2-7(4-8)11(18)15-12-14-9(6-19-12)5-10(16)17/h1-4,6H,5H2,(H,16,17)(H,14,15,18). The van der Waals surface area contributed by atoms with Gasteiger partial charge in [-0.15, -0.1) is 0 Å². The molecule has 1 aromatic carbocycles. The van der Waals surface area contributed by atoms with Crippen molar-refractivity contribution in [3.8, 4) is 0 Å². The molecular formula is C12H9FN2O4. The Kier molecular flexibility index (Phi) is 3.56. The number of hydrogen-bond donors (Lipinski definition) is 2. The summed E-state index contributed by atoms with van der Waals surface area (Å²) < 4.78 is 17.8. The van der Waals surface area contributed by atoms with Gasteiger partial charge in [0.15, 0.2) is 0 Å². The first kappa shape index (κ1) is 12.7. The van der Waals surface area contributed by atoms with Crippen molar-refractivity contribution in [1.82, 2.24) is 4.98 Å². The van der Waals surface area contributed by atoms with Crippen LogP contribution in [0.2, 0.25) is 0 Å². The second-order valence-electron chi connectivity index (χ2n) is 3.68. The second kappa shape index (κ2) is 5.30. The highest BCUT2D eigenvalue weighted by molar-refractivity contribution is 6.03. The summed E-state index contributed by atoms with van der Waals surface area (Å²) in [6.45, 7) is 0. The Labute approximate surface area is 106 Å². The third-order valence-corrected chi connectivity index (χ3v) is 2.19. The molecule has 0 unspecified atom stereocenters. The number of rotatable bonds is 4. The molecule has 0 radical (unpaired) electrons. The summed E-state index contributed by atoms with van der Waals surface area (Å²) in [5.41, 5.74) is 0.292. The molecule has 6 nitrogen and oxygen atoms in total. The highest BCUT2D eigenvalue weighted by atomic mass is 19.1. The molecule has 7 heteroatoms. The van der Waals surface area contributed by atoms with Gasteiger partial charge in [-0.1, -0.05) is 6.07 Å². The molecule has 0 aliphatic heterocycles. The highest BCUT2D eigenvalue weighted by Gasteiger charge is 2.12. The van der Waals surface area contributed by atoms with Crippen LogP contribution in [0.3, 0.4) is 0 Å². The van der Waals surface area contributed by atoms with Crippen molar-refractivity contribution >= 4 is 17.9 Å². The molecule has 0 saturated heterocycles. The van der Waals surface area contributed by atoms with E-state index >= 15 is 0 Å². The molecule has 0 saturated carbocycles. The summed E-state index contributed by atoms with van der Waals surface area (Å²) in [5.74, 6) is -2.19. The average Bonchev–Trinajstić information content (AvgIpc) is 2.75. The van der Waals surface area contributed by atoms with Gasteiger partial charge in [-0.25, -0.2) is 4.39 Å². The quantitative estimate of drug-likeness (QED) is 0.876. The number of anilines is 1. The lowest BCUT2D eigenvalue weighted by Gasteiger charge is -2.00. The van der Waals surface area contributed by atoms with Crippen LogP contribution in [0.25, 0.3) is 0 Å². The molecule has 0 bridgehead atoms. The molecule has 0 fully saturated rings. The van der Waals surface area contributed by atoms with Gasteiger partial charge < -0.3 is 9.52 Å². The summed E-state index contributed by atoms with van der Waals surface area (Å²) >= 11 is 0. The number of oxazole rings is 1. The van der Waals surface area contributed by atoms with Crippen LogP contribution in [-0.2, 0) is 11.2 Å². The first-order valence-electron chi connectivity index (χ1n) is 5.28. The first-order valence-corrected chi connectivity index (χ1v) is 5.28. The van der Waals surface area contributed by atoms with E-state index in [1.54, 1.807) is 0 Å². The van der Waals surface area contributed by atoms with E-state index in [0.717, 1.165) is 12.3 Å². The van der Waals surface area contributed by atoms with Crippen molar-refractivity contribution in [2.45, 2.75) is 6.42 Å². The number of hydrogen-bond acceptors (Lipinski definition) is 4. The molecule has 98 valence electrons. The molecule has 0 aliphatic rings. The van der Waals surface area contributed by atoms with E-state index in [1.165, 1.54) is 18.2 Å². The lowest BCUT2D eigenvalue weighted by Crippen LogP contribution is -2.12. The number of carbonyl (C=O) groups is 2. The molecule has 2 aromatic rings. The Balaban J connectivity index is 2.06. The van der Waals surface area contributed by atoms with Crippen LogP contribution in [0.1, 0.15) is 16.1 Å². The van der Waals surface area contributed by atoms with E-state index in [4.69, 9.17) is 9.52 Å². The molecule has 0 atom stereocenters. The lowest BCUT2D eigenvalue weighted by atomic mass is 10.2. The number of carbonyl (C=O) groups excluding carboxylic acids is 1. The summed E-state index contributed by atoms with van der Waals surface area (Å²) in [6, 6.07) is 4.98. The fourth-order valence-electron chi connectivity index (χ4n) is 1.40. The van der Waals surface area contributed by atoms with Crippen LogP contribution in [0.15, 0.2) is 34.9 Å². The van der Waals surface area contributed by atoms with Gasteiger partial charge in [-0.2, -0.15) is 4.98 Å². The van der Waals surface area contributed by atoms with Crippen LogP contribution in [0.5, 0.6) is 0 Å². The van der Waals surface area contributed by atoms with Gasteiger partial charge in [0.1, 0.15) is 12.1 Å². The SMILES string of the molecule is O=C(O)Cc1coc(NC(=O)c2cccc(F)c2)n1. The monoisotopic (exact) mass is 264 g/mol. The van der Waals surface area contributed by atoms with Crippen LogP contribution in [-0.4, -0.2) is 22.0 Å². The molecule has 19 heavy (non-hydrogen) atoms. The third-order valence-electron chi connectivity index (χ3n) is 2.19. The zero-order chi connectivity index (χ0) is 13.8. The first-order chi connectivity index (χ1) is 9.04. The number of carboxylic acid groups (broad SMARTS) is 1. The molecule has 0 aliphatic carbocycles. The van der Waals surface area contributed by atoms with Gasteiger partial charge in [-0.3, -0.25) is 14.9 Å². The number of nitrogens with one attached hydrogen (secondary N) is 1. The number of nitrogens with zero attached hydrogens (tertiary/aromatic N) is 1. The lowest BCUT2D eigenvalue weighted by molar-refractivity contribution is -0.136. The Morgan fingerprint density at radius 1 is 1.42 bits per heavy atom. The van der Waals surface area contributed by atoms with Gasteiger partial charge in [0.05, 0.1) is 12.1 Å². The minimum atomic E-state index is -1.06. The highest BCUT2D eigenvalue weighted by Crippen LogP contribution is 2.11. The molecular weight excluding hydrogens is 255 g/mol. The Bertz CT molecular complexity index is 624. The van der Waals surface area contributed by atoms with Crippen molar-refractivity contribution in [3.05, 3.63) is 47.6 Å². The average molecular weight is 264 g/mol. The van der Waals surface area contributed by atoms with E-state index in [2.05, 4.69) is 10.3 Å². The summed E-state index contributed by atoms with van der Waals surface area (Å²) in [5, 5.41) is 10.9. The number of aromatic nitrogens is 1. The predicted octanol–water partition coefficient (Wildman–Crippen LogP) is 1.69. The number of amides is 1. The largest absolute Gasteiger partial charge is 0.481 e. The van der Waals surface area contributed by atoms with Gasteiger partial charge in [0.25, 0.3) is 5.91 Å². The van der Waals surface area contributed by atoms with Gasteiger partial charge in [0, 0.05) is 5.56 Å². The molecule has 2 N–H and O–H groups in total. The summed E-state index contributed by atoms with van der Waals surface area (Å²) in [4.78, 5) is 25.9. The topological polar surface area (TPSA) is 92.4 Å². The normalized spacial score (nSPS) is 10.2. The van der Waals surface area contributed by atoms with E-state index in [1.807, 2.05) is 0 Å². The zero-order valence-corrected chi connectivity index (χ0v) is 9.59. The van der Waals surface area contributed by atoms with Crippen molar-refractivity contribution in [1.29, 1.82) is 0 Å². The van der Waals surface area contributed by atoms with Crippen LogP contribution in [0.4, 0.5) is 10.4 Å². The third kappa shape index (κ3) is 3.38. The van der Waals surface area contributed by atoms with Gasteiger partial charge in [-0.05, 0) is 18.2 Å². The molecule has 1 amide bonds. The maximum absolute atomic E-state index is 12.9. The predicted molar refractivity (Wildman–Crippen MR) is 62.2 cm³/mol. The van der Waals surface area contributed by atoms with E-state index < -0.39 is 17.7 Å². The van der Waals surface area contributed by atoms with E-state index in [9.17, 15) is 14.0 Å². The minimum absolute atomic E-state index is 0.109. The van der Waals surface area contributed by atoms with Gasteiger partial charge in [0.2, 0.25) is 0 Å². The second-order valence-corrected chi connectivity index (χ2v) is 3.68. The van der Waals surface area contributed by atoms with Crippen molar-refractivity contribution in [2.75, 3.05) is 5.32 Å². The number of halogens is 1. The maximum atomic E-state index is 12.9. The molecule has 1 aromatic heterocycles. The minimum Gasteiger partial charge on any atom is -0.481 e. The fraction of sp³-hybridized carbons (Fsp3) is 0.0833. The molecule has 1 heterocycles. The van der Waals surface area contributed by atoms with Crippen LogP contribution >= 0.6 is 0 Å². The fourth-order valence-corrected chi connectivity index (χ4v) is 1.40. The Hall–Kier alpha value is -2.70. The van der Waals surface area contributed by atoms with Crippen LogP contribution in [0, 0.1) is 5.82 Å². The summed E-state index contributed by atoms with van der Waals surface area (Å²) in [6.07, 6.45) is 0.828. The zero-order valence-electron chi connectivity index (χ0n) is 9.59. The molecule has 2 rings (SSSR count). The van der Waals surface area contributed by atoms with Crippen molar-refractivity contribution in [2.24, 2.45) is 0 Å². The smallest absolute Gasteiger partial charge is 0.309 e. The van der Waals surface area contributed by atoms with E-state index in [0.29, 0.717) is 0 Å². The van der Waals surface area contributed by atoms with Crippen LogP contribution < -0.4 is 5.32 Å². The number of aliphatic carboxylic acids is 1. The summed E-state index contributed by atoms with van der Waals surface area (Å²) in [7, 11) is 0. The maximum Gasteiger partial charge on any atom is 0.309 e. The Morgan fingerprint density at radius 2 is 2.21 bits per heavy atom. The van der Waals surface area contributed by atoms with Gasteiger partial charge >= 0.3 is 12.0 Å². The van der Waals surface area contributed by atoms with Crippen molar-refractivity contribution in [3.63, 3.8) is 0 Å².